The van der Waals surface area contributed by atoms with E-state index in [-0.39, 0.29) is 5.91 Å². The van der Waals surface area contributed by atoms with Gasteiger partial charge in [-0.3, -0.25) is 4.79 Å². The van der Waals surface area contributed by atoms with E-state index in [2.05, 4.69) is 12.2 Å². The van der Waals surface area contributed by atoms with Crippen LogP contribution in [0, 0.1) is 5.41 Å². The fourth-order valence-electron chi connectivity index (χ4n) is 1.39. The Morgan fingerprint density at radius 2 is 2.18 bits per heavy atom. The Morgan fingerprint density at radius 1 is 1.55 bits per heavy atom. The van der Waals surface area contributed by atoms with Gasteiger partial charge in [-0.25, -0.2) is 0 Å². The van der Waals surface area contributed by atoms with E-state index in [0.717, 1.165) is 6.54 Å². The highest BCUT2D eigenvalue weighted by Gasteiger charge is 2.31. The zero-order chi connectivity index (χ0) is 8.32. The summed E-state index contributed by atoms with van der Waals surface area (Å²) in [5.41, 5.74) is 0.421. The maximum atomic E-state index is 10.9. The highest BCUT2D eigenvalue weighted by molar-refractivity contribution is 5.75. The molecule has 1 fully saturated rings. The number of nitrogens with one attached hydrogen (secondary N) is 1. The Kier molecular flexibility index (Phi) is 2.53. The van der Waals surface area contributed by atoms with E-state index in [0.29, 0.717) is 11.8 Å². The van der Waals surface area contributed by atoms with E-state index in [1.54, 1.807) is 0 Å². The predicted molar refractivity (Wildman–Crippen MR) is 45.3 cm³/mol. The SMILES string of the molecule is CCC(=O)NCC1(C)CCC1. The van der Waals surface area contributed by atoms with Crippen molar-refractivity contribution >= 4 is 5.91 Å². The van der Waals surface area contributed by atoms with Crippen LogP contribution in [0.4, 0.5) is 0 Å². The molecule has 1 amide bonds. The summed E-state index contributed by atoms with van der Waals surface area (Å²) in [7, 11) is 0. The molecule has 0 aromatic heterocycles. The topological polar surface area (TPSA) is 29.1 Å². The number of carbonyl (C=O) groups excluding carboxylic acids is 1. The molecule has 1 rings (SSSR count). The third-order valence-corrected chi connectivity index (χ3v) is 2.59. The van der Waals surface area contributed by atoms with Gasteiger partial charge in [-0.2, -0.15) is 0 Å². The molecule has 1 aliphatic carbocycles. The zero-order valence-electron chi connectivity index (χ0n) is 7.44. The molecule has 0 heterocycles. The Hall–Kier alpha value is -0.530. The zero-order valence-corrected chi connectivity index (χ0v) is 7.44. The summed E-state index contributed by atoms with van der Waals surface area (Å²) in [5.74, 6) is 0.179. The molecular weight excluding hydrogens is 138 g/mol. The van der Waals surface area contributed by atoms with Gasteiger partial charge in [0, 0.05) is 13.0 Å². The van der Waals surface area contributed by atoms with Crippen LogP contribution in [0.25, 0.3) is 0 Å². The van der Waals surface area contributed by atoms with Gasteiger partial charge in [0.1, 0.15) is 0 Å². The molecule has 2 nitrogen and oxygen atoms in total. The number of hydrogen-bond acceptors (Lipinski definition) is 1. The molecule has 0 aromatic rings. The number of rotatable bonds is 3. The van der Waals surface area contributed by atoms with Crippen LogP contribution in [-0.2, 0) is 4.79 Å². The fraction of sp³-hybridized carbons (Fsp3) is 0.889. The lowest BCUT2D eigenvalue weighted by Gasteiger charge is -2.38. The lowest BCUT2D eigenvalue weighted by molar-refractivity contribution is -0.121. The molecule has 64 valence electrons. The highest BCUT2D eigenvalue weighted by Crippen LogP contribution is 2.39. The van der Waals surface area contributed by atoms with Crippen LogP contribution in [0.5, 0.6) is 0 Å². The number of carbonyl (C=O) groups is 1. The molecule has 1 saturated carbocycles. The summed E-state index contributed by atoms with van der Waals surface area (Å²) in [6, 6.07) is 0. The smallest absolute Gasteiger partial charge is 0.219 e. The van der Waals surface area contributed by atoms with Gasteiger partial charge in [0.05, 0.1) is 0 Å². The molecule has 0 saturated heterocycles. The lowest BCUT2D eigenvalue weighted by Crippen LogP contribution is -2.39. The van der Waals surface area contributed by atoms with Crippen LogP contribution >= 0.6 is 0 Å². The summed E-state index contributed by atoms with van der Waals surface area (Å²) in [5, 5.41) is 2.94. The van der Waals surface area contributed by atoms with E-state index in [1.165, 1.54) is 19.3 Å². The normalized spacial score (nSPS) is 20.5. The summed E-state index contributed by atoms with van der Waals surface area (Å²) >= 11 is 0. The summed E-state index contributed by atoms with van der Waals surface area (Å²) in [6.45, 7) is 5.00. The maximum absolute atomic E-state index is 10.9. The van der Waals surface area contributed by atoms with Gasteiger partial charge in [-0.05, 0) is 18.3 Å². The predicted octanol–water partition coefficient (Wildman–Crippen LogP) is 1.70. The van der Waals surface area contributed by atoms with Crippen molar-refractivity contribution in [3.63, 3.8) is 0 Å². The largest absolute Gasteiger partial charge is 0.356 e. The number of amides is 1. The van der Waals surface area contributed by atoms with Crippen LogP contribution in [0.3, 0.4) is 0 Å². The van der Waals surface area contributed by atoms with E-state index < -0.39 is 0 Å². The Morgan fingerprint density at radius 3 is 2.55 bits per heavy atom. The van der Waals surface area contributed by atoms with Crippen LogP contribution in [0.1, 0.15) is 39.5 Å². The maximum Gasteiger partial charge on any atom is 0.219 e. The van der Waals surface area contributed by atoms with Crippen LogP contribution in [0.15, 0.2) is 0 Å². The molecule has 0 aromatic carbocycles. The summed E-state index contributed by atoms with van der Waals surface area (Å²) in [4.78, 5) is 10.9. The molecule has 11 heavy (non-hydrogen) atoms. The molecule has 2 heteroatoms. The van der Waals surface area contributed by atoms with E-state index in [9.17, 15) is 4.79 Å². The first kappa shape index (κ1) is 8.57. The van der Waals surface area contributed by atoms with Crippen molar-refractivity contribution in [1.82, 2.24) is 5.32 Å². The van der Waals surface area contributed by atoms with Crippen LogP contribution in [-0.4, -0.2) is 12.5 Å². The average molecular weight is 155 g/mol. The van der Waals surface area contributed by atoms with Crippen LogP contribution < -0.4 is 5.32 Å². The van der Waals surface area contributed by atoms with E-state index in [1.807, 2.05) is 6.92 Å². The first-order valence-corrected chi connectivity index (χ1v) is 4.43. The van der Waals surface area contributed by atoms with Gasteiger partial charge in [-0.1, -0.05) is 20.3 Å². The van der Waals surface area contributed by atoms with Crippen molar-refractivity contribution in [2.75, 3.05) is 6.54 Å². The second-order valence-electron chi connectivity index (χ2n) is 3.79. The molecule has 1 aliphatic rings. The Balaban J connectivity index is 2.16. The molecule has 0 radical (unpaired) electrons. The van der Waals surface area contributed by atoms with Gasteiger partial charge in [0.15, 0.2) is 0 Å². The Bertz CT molecular complexity index is 150. The van der Waals surface area contributed by atoms with Crippen molar-refractivity contribution in [2.24, 2.45) is 5.41 Å². The van der Waals surface area contributed by atoms with Gasteiger partial charge in [0.2, 0.25) is 5.91 Å². The van der Waals surface area contributed by atoms with Gasteiger partial charge in [-0.15, -0.1) is 0 Å². The highest BCUT2D eigenvalue weighted by atomic mass is 16.1. The van der Waals surface area contributed by atoms with Crippen molar-refractivity contribution in [3.05, 3.63) is 0 Å². The summed E-state index contributed by atoms with van der Waals surface area (Å²) < 4.78 is 0. The van der Waals surface area contributed by atoms with Crippen LogP contribution in [0.2, 0.25) is 0 Å². The summed E-state index contributed by atoms with van der Waals surface area (Å²) in [6.07, 6.45) is 4.49. The Labute approximate surface area is 68.4 Å². The second-order valence-corrected chi connectivity index (χ2v) is 3.79. The fourth-order valence-corrected chi connectivity index (χ4v) is 1.39. The minimum Gasteiger partial charge on any atom is -0.356 e. The molecule has 0 atom stereocenters. The first-order valence-electron chi connectivity index (χ1n) is 4.43. The average Bonchev–Trinajstić information content (AvgIpc) is 1.96. The van der Waals surface area contributed by atoms with Crippen molar-refractivity contribution in [2.45, 2.75) is 39.5 Å². The van der Waals surface area contributed by atoms with E-state index in [4.69, 9.17) is 0 Å². The molecule has 0 unspecified atom stereocenters. The van der Waals surface area contributed by atoms with Crippen molar-refractivity contribution in [1.29, 1.82) is 0 Å². The monoisotopic (exact) mass is 155 g/mol. The van der Waals surface area contributed by atoms with Gasteiger partial charge in [0.25, 0.3) is 0 Å². The second kappa shape index (κ2) is 3.24. The minimum absolute atomic E-state index is 0.179. The lowest BCUT2D eigenvalue weighted by atomic mass is 9.70. The van der Waals surface area contributed by atoms with Gasteiger partial charge < -0.3 is 5.32 Å². The van der Waals surface area contributed by atoms with Crippen molar-refractivity contribution in [3.8, 4) is 0 Å². The quantitative estimate of drug-likeness (QED) is 0.660. The third-order valence-electron chi connectivity index (χ3n) is 2.59. The first-order chi connectivity index (χ1) is 5.16. The molecule has 0 aliphatic heterocycles. The molecule has 1 N–H and O–H groups in total. The third kappa shape index (κ3) is 2.21. The standard InChI is InChI=1S/C9H17NO/c1-3-8(11)10-7-9(2)5-4-6-9/h3-7H2,1-2H3,(H,10,11). The minimum atomic E-state index is 0.179. The molecule has 0 bridgehead atoms. The van der Waals surface area contributed by atoms with E-state index >= 15 is 0 Å². The molecule has 0 spiro atoms. The van der Waals surface area contributed by atoms with Gasteiger partial charge >= 0.3 is 0 Å². The van der Waals surface area contributed by atoms with Crippen molar-refractivity contribution < 1.29 is 4.79 Å². The number of hydrogen-bond donors (Lipinski definition) is 1. The molecular formula is C9H17NO.